The third-order valence-corrected chi connectivity index (χ3v) is 3.18. The van der Waals surface area contributed by atoms with Gasteiger partial charge in [-0.15, -0.1) is 0 Å². The number of nitrogens with two attached hydrogens (primary N) is 1. The van der Waals surface area contributed by atoms with Crippen LogP contribution in [0.2, 0.25) is 0 Å². The Balaban J connectivity index is 1.87. The van der Waals surface area contributed by atoms with Crippen molar-refractivity contribution in [3.05, 3.63) is 24.3 Å². The number of benzene rings is 1. The van der Waals surface area contributed by atoms with E-state index in [1.807, 2.05) is 24.3 Å². The van der Waals surface area contributed by atoms with Crippen molar-refractivity contribution in [2.24, 2.45) is 11.8 Å². The summed E-state index contributed by atoms with van der Waals surface area (Å²) in [6.07, 6.45) is 1.03. The zero-order valence-electron chi connectivity index (χ0n) is 10.5. The van der Waals surface area contributed by atoms with E-state index in [0.717, 1.165) is 30.5 Å². The summed E-state index contributed by atoms with van der Waals surface area (Å²) in [7, 11) is 0. The van der Waals surface area contributed by atoms with Crippen LogP contribution >= 0.6 is 0 Å². The lowest BCUT2D eigenvalue weighted by Crippen LogP contribution is -2.15. The maximum absolute atomic E-state index is 5.82. The van der Waals surface area contributed by atoms with Crippen LogP contribution in [0.5, 0.6) is 5.88 Å². The first-order chi connectivity index (χ1) is 9.36. The minimum absolute atomic E-state index is 0.358. The number of nitrogens with zero attached hydrogens (tertiary/aromatic N) is 2. The number of hydrogen-bond acceptors (Lipinski definition) is 6. The van der Waals surface area contributed by atoms with Crippen molar-refractivity contribution in [3.63, 3.8) is 0 Å². The Kier molecular flexibility index (Phi) is 3.43. The number of hydrazine groups is 1. The van der Waals surface area contributed by atoms with Gasteiger partial charge in [0.15, 0.2) is 0 Å². The Bertz CT molecular complexity index is 570. The van der Waals surface area contributed by atoms with E-state index in [1.54, 1.807) is 0 Å². The van der Waals surface area contributed by atoms with Gasteiger partial charge in [0.25, 0.3) is 0 Å². The minimum atomic E-state index is 0.358. The monoisotopic (exact) mass is 260 g/mol. The molecule has 3 rings (SSSR count). The van der Waals surface area contributed by atoms with Gasteiger partial charge in [0.2, 0.25) is 11.8 Å². The third kappa shape index (κ3) is 2.59. The number of anilines is 1. The van der Waals surface area contributed by atoms with Crippen LogP contribution in [0.3, 0.4) is 0 Å². The highest BCUT2D eigenvalue weighted by atomic mass is 16.5. The molecule has 0 amide bonds. The third-order valence-electron chi connectivity index (χ3n) is 3.18. The maximum atomic E-state index is 5.82. The average Bonchev–Trinajstić information content (AvgIpc) is 2.97. The normalized spacial score (nSPS) is 18.7. The maximum Gasteiger partial charge on any atom is 0.241 e. The number of nitrogens with one attached hydrogen (secondary N) is 1. The molecule has 6 heteroatoms. The van der Waals surface area contributed by atoms with E-state index in [1.165, 1.54) is 0 Å². The molecule has 0 radical (unpaired) electrons. The summed E-state index contributed by atoms with van der Waals surface area (Å²) in [6, 6.07) is 7.70. The second-order valence-corrected chi connectivity index (χ2v) is 4.55. The van der Waals surface area contributed by atoms with Gasteiger partial charge in [0.1, 0.15) is 0 Å². The summed E-state index contributed by atoms with van der Waals surface area (Å²) < 4.78 is 11.2. The van der Waals surface area contributed by atoms with Crippen molar-refractivity contribution in [2.75, 3.05) is 25.2 Å². The lowest BCUT2D eigenvalue weighted by Gasteiger charge is -2.12. The number of hydrogen-bond donors (Lipinski definition) is 2. The van der Waals surface area contributed by atoms with Gasteiger partial charge in [-0.05, 0) is 18.6 Å². The molecule has 0 aliphatic carbocycles. The summed E-state index contributed by atoms with van der Waals surface area (Å²) in [6.45, 7) is 2.17. The van der Waals surface area contributed by atoms with Gasteiger partial charge in [-0.1, -0.05) is 12.1 Å². The summed E-state index contributed by atoms with van der Waals surface area (Å²) in [5.74, 6) is 6.73. The minimum Gasteiger partial charge on any atom is -0.477 e. The first-order valence-electron chi connectivity index (χ1n) is 6.31. The van der Waals surface area contributed by atoms with E-state index in [2.05, 4.69) is 15.4 Å². The van der Waals surface area contributed by atoms with Crippen molar-refractivity contribution >= 4 is 16.9 Å². The summed E-state index contributed by atoms with van der Waals surface area (Å²) >= 11 is 0. The van der Waals surface area contributed by atoms with Crippen LogP contribution in [0.25, 0.3) is 10.9 Å². The van der Waals surface area contributed by atoms with Crippen LogP contribution in [-0.4, -0.2) is 29.8 Å². The molecule has 100 valence electrons. The first kappa shape index (κ1) is 12.1. The Morgan fingerprint density at radius 1 is 1.37 bits per heavy atom. The highest BCUT2D eigenvalue weighted by molar-refractivity contribution is 5.84. The molecule has 1 atom stereocenters. The second kappa shape index (κ2) is 5.38. The van der Waals surface area contributed by atoms with Crippen molar-refractivity contribution in [1.29, 1.82) is 0 Å². The van der Waals surface area contributed by atoms with E-state index in [-0.39, 0.29) is 0 Å². The number of fused-ring (bicyclic) bond motifs is 1. The number of nitrogen functional groups attached to an aromatic ring is 1. The summed E-state index contributed by atoms with van der Waals surface area (Å²) in [5, 5.41) is 0.889. The topological polar surface area (TPSA) is 82.3 Å². The Morgan fingerprint density at radius 2 is 2.26 bits per heavy atom. The number of ether oxygens (including phenoxy) is 2. The van der Waals surface area contributed by atoms with Crippen molar-refractivity contribution in [2.45, 2.75) is 6.42 Å². The zero-order chi connectivity index (χ0) is 13.1. The summed E-state index contributed by atoms with van der Waals surface area (Å²) in [4.78, 5) is 8.55. The molecule has 2 heterocycles. The predicted molar refractivity (Wildman–Crippen MR) is 71.8 cm³/mol. The molecule has 1 aromatic carbocycles. The van der Waals surface area contributed by atoms with Crippen LogP contribution in [0, 0.1) is 5.92 Å². The average molecular weight is 260 g/mol. The molecule has 1 aliphatic heterocycles. The first-order valence-corrected chi connectivity index (χ1v) is 6.31. The predicted octanol–water partition coefficient (Wildman–Crippen LogP) is 1.33. The van der Waals surface area contributed by atoms with Crippen LogP contribution < -0.4 is 16.0 Å². The second-order valence-electron chi connectivity index (χ2n) is 4.55. The highest BCUT2D eigenvalue weighted by Gasteiger charge is 2.17. The van der Waals surface area contributed by atoms with Crippen LogP contribution in [-0.2, 0) is 4.74 Å². The quantitative estimate of drug-likeness (QED) is 0.637. The molecule has 6 nitrogen and oxygen atoms in total. The fourth-order valence-electron chi connectivity index (χ4n) is 2.13. The molecule has 1 aromatic heterocycles. The van der Waals surface area contributed by atoms with Gasteiger partial charge in [0.05, 0.1) is 24.1 Å². The van der Waals surface area contributed by atoms with E-state index < -0.39 is 0 Å². The largest absolute Gasteiger partial charge is 0.477 e. The van der Waals surface area contributed by atoms with Gasteiger partial charge >= 0.3 is 0 Å². The van der Waals surface area contributed by atoms with E-state index in [9.17, 15) is 0 Å². The molecular weight excluding hydrogens is 244 g/mol. The van der Waals surface area contributed by atoms with Crippen molar-refractivity contribution in [3.8, 4) is 5.88 Å². The highest BCUT2D eigenvalue weighted by Crippen LogP contribution is 2.24. The molecule has 1 unspecified atom stereocenters. The number of para-hydroxylation sites is 1. The molecule has 1 saturated heterocycles. The van der Waals surface area contributed by atoms with Crippen LogP contribution in [0.15, 0.2) is 24.3 Å². The Morgan fingerprint density at radius 3 is 3.05 bits per heavy atom. The van der Waals surface area contributed by atoms with Gasteiger partial charge in [-0.3, -0.25) is 5.43 Å². The molecule has 19 heavy (non-hydrogen) atoms. The van der Waals surface area contributed by atoms with Gasteiger partial charge in [-0.25, -0.2) is 10.8 Å². The lowest BCUT2D eigenvalue weighted by molar-refractivity contribution is 0.166. The van der Waals surface area contributed by atoms with E-state index >= 15 is 0 Å². The van der Waals surface area contributed by atoms with Crippen LogP contribution in [0.4, 0.5) is 5.95 Å². The SMILES string of the molecule is NNc1nc(OCC2CCOC2)c2ccccc2n1. The Labute approximate surface area is 110 Å². The number of aromatic nitrogens is 2. The smallest absolute Gasteiger partial charge is 0.241 e. The van der Waals surface area contributed by atoms with Gasteiger partial charge < -0.3 is 9.47 Å². The van der Waals surface area contributed by atoms with Gasteiger partial charge in [0, 0.05) is 12.5 Å². The van der Waals surface area contributed by atoms with E-state index in [0.29, 0.717) is 24.4 Å². The molecular formula is C13H16N4O2. The standard InChI is InChI=1S/C13H16N4O2/c14-17-13-15-11-4-2-1-3-10(11)12(16-13)19-8-9-5-6-18-7-9/h1-4,9H,5-8,14H2,(H,15,16,17). The summed E-state index contributed by atoms with van der Waals surface area (Å²) in [5.41, 5.74) is 3.27. The molecule has 3 N–H and O–H groups in total. The van der Waals surface area contributed by atoms with Crippen molar-refractivity contribution in [1.82, 2.24) is 9.97 Å². The van der Waals surface area contributed by atoms with Crippen LogP contribution in [0.1, 0.15) is 6.42 Å². The molecule has 0 bridgehead atoms. The Hall–Kier alpha value is -1.92. The fourth-order valence-corrected chi connectivity index (χ4v) is 2.13. The molecule has 0 spiro atoms. The van der Waals surface area contributed by atoms with E-state index in [4.69, 9.17) is 15.3 Å². The van der Waals surface area contributed by atoms with Crippen molar-refractivity contribution < 1.29 is 9.47 Å². The zero-order valence-corrected chi connectivity index (χ0v) is 10.5. The van der Waals surface area contributed by atoms with Gasteiger partial charge in [-0.2, -0.15) is 4.98 Å². The fraction of sp³-hybridized carbons (Fsp3) is 0.385. The molecule has 2 aromatic rings. The molecule has 1 aliphatic rings. The lowest BCUT2D eigenvalue weighted by atomic mass is 10.1. The molecule has 0 saturated carbocycles. The molecule has 1 fully saturated rings. The number of rotatable bonds is 4.